The Kier molecular flexibility index (Phi) is 5.24. The summed E-state index contributed by atoms with van der Waals surface area (Å²) >= 11 is 12.0. The third-order valence-electron chi connectivity index (χ3n) is 2.81. The Balaban J connectivity index is 2.25. The van der Waals surface area contributed by atoms with Crippen molar-refractivity contribution in [2.45, 2.75) is 19.4 Å². The molecule has 5 heteroatoms. The van der Waals surface area contributed by atoms with Gasteiger partial charge in [0.05, 0.1) is 18.8 Å². The van der Waals surface area contributed by atoms with Gasteiger partial charge in [-0.05, 0) is 41.8 Å². The maximum absolute atomic E-state index is 6.24. The van der Waals surface area contributed by atoms with E-state index >= 15 is 0 Å². The maximum Gasteiger partial charge on any atom is 0.137 e. The molecule has 0 bridgehead atoms. The van der Waals surface area contributed by atoms with Crippen LogP contribution in [0.25, 0.3) is 0 Å². The first-order valence-electron chi connectivity index (χ1n) is 6.39. The van der Waals surface area contributed by atoms with Gasteiger partial charge in [0.15, 0.2) is 0 Å². The first-order chi connectivity index (χ1) is 9.60. The molecule has 1 aromatic carbocycles. The maximum atomic E-state index is 6.24. The third kappa shape index (κ3) is 3.85. The van der Waals surface area contributed by atoms with E-state index in [9.17, 15) is 0 Å². The van der Waals surface area contributed by atoms with E-state index in [1.807, 2.05) is 6.07 Å². The van der Waals surface area contributed by atoms with E-state index in [1.54, 1.807) is 30.6 Å². The lowest BCUT2D eigenvalue weighted by Crippen LogP contribution is -2.12. The minimum atomic E-state index is -0.344. The summed E-state index contributed by atoms with van der Waals surface area (Å²) in [5.41, 5.74) is 7.94. The van der Waals surface area contributed by atoms with Crippen LogP contribution in [0.15, 0.2) is 36.7 Å². The summed E-state index contributed by atoms with van der Waals surface area (Å²) in [5, 5.41) is 1.13. The average Bonchev–Trinajstić information content (AvgIpc) is 2.43. The van der Waals surface area contributed by atoms with Gasteiger partial charge in [-0.25, -0.2) is 0 Å². The molecule has 0 amide bonds. The third-order valence-corrected chi connectivity index (χ3v) is 3.25. The number of hydrogen-bond donors (Lipinski definition) is 1. The molecule has 3 nitrogen and oxygen atoms in total. The second-order valence-corrected chi connectivity index (χ2v) is 5.36. The van der Waals surface area contributed by atoms with Gasteiger partial charge in [-0.15, -0.1) is 0 Å². The predicted molar refractivity (Wildman–Crippen MR) is 82.5 cm³/mol. The molecule has 20 heavy (non-hydrogen) atoms. The van der Waals surface area contributed by atoms with Crippen LogP contribution in [-0.4, -0.2) is 11.6 Å². The normalized spacial score (nSPS) is 12.2. The Morgan fingerprint density at radius 2 is 1.80 bits per heavy atom. The van der Waals surface area contributed by atoms with E-state index in [-0.39, 0.29) is 6.04 Å². The van der Waals surface area contributed by atoms with E-state index in [0.717, 1.165) is 17.5 Å². The molecule has 0 saturated carbocycles. The summed E-state index contributed by atoms with van der Waals surface area (Å²) in [6, 6.07) is 6.83. The van der Waals surface area contributed by atoms with Crippen molar-refractivity contribution in [2.75, 3.05) is 6.61 Å². The number of nitrogens with two attached hydrogens (primary N) is 1. The summed E-state index contributed by atoms with van der Waals surface area (Å²) in [6.45, 7) is 2.71. The van der Waals surface area contributed by atoms with Gasteiger partial charge in [-0.3, -0.25) is 4.98 Å². The molecule has 106 valence electrons. The highest BCUT2D eigenvalue weighted by atomic mass is 35.5. The van der Waals surface area contributed by atoms with Crippen molar-refractivity contribution in [3.8, 4) is 5.75 Å². The van der Waals surface area contributed by atoms with Crippen LogP contribution in [0.2, 0.25) is 10.0 Å². The number of benzene rings is 1. The van der Waals surface area contributed by atoms with Gasteiger partial charge in [-0.1, -0.05) is 30.1 Å². The quantitative estimate of drug-likeness (QED) is 0.899. The smallest absolute Gasteiger partial charge is 0.137 e. The van der Waals surface area contributed by atoms with Gasteiger partial charge in [0.25, 0.3) is 0 Å². The van der Waals surface area contributed by atoms with E-state index in [4.69, 9.17) is 33.7 Å². The highest BCUT2D eigenvalue weighted by Crippen LogP contribution is 2.27. The SMILES string of the molecule is CCCOc1cncc(C(N)c2cc(Cl)cc(Cl)c2)c1. The second-order valence-electron chi connectivity index (χ2n) is 4.48. The van der Waals surface area contributed by atoms with E-state index in [1.165, 1.54) is 0 Å². The van der Waals surface area contributed by atoms with Crippen LogP contribution in [0.4, 0.5) is 0 Å². The number of nitrogens with zero attached hydrogens (tertiary/aromatic N) is 1. The average molecular weight is 311 g/mol. The standard InChI is InChI=1S/C15H16Cl2N2O/c1-2-3-20-14-6-11(8-19-9-14)15(18)10-4-12(16)7-13(17)5-10/h4-9,15H,2-3,18H2,1H3. The van der Waals surface area contributed by atoms with Crippen LogP contribution >= 0.6 is 23.2 Å². The predicted octanol–water partition coefficient (Wildman–Crippen LogP) is 4.23. The molecule has 1 unspecified atom stereocenters. The van der Waals surface area contributed by atoms with Crippen molar-refractivity contribution >= 4 is 23.2 Å². The molecule has 1 heterocycles. The van der Waals surface area contributed by atoms with Crippen LogP contribution in [0.5, 0.6) is 5.75 Å². The van der Waals surface area contributed by atoms with Crippen molar-refractivity contribution < 1.29 is 4.74 Å². The Hall–Kier alpha value is -1.29. The number of halogens is 2. The summed E-state index contributed by atoms with van der Waals surface area (Å²) in [5.74, 6) is 0.716. The van der Waals surface area contributed by atoms with Crippen LogP contribution in [0, 0.1) is 0 Å². The fourth-order valence-electron chi connectivity index (χ4n) is 1.85. The number of hydrogen-bond acceptors (Lipinski definition) is 3. The summed E-state index contributed by atoms with van der Waals surface area (Å²) in [6.07, 6.45) is 4.34. The van der Waals surface area contributed by atoms with Gasteiger partial charge in [0.1, 0.15) is 5.75 Å². The zero-order chi connectivity index (χ0) is 14.5. The lowest BCUT2D eigenvalue weighted by atomic mass is 10.0. The number of pyridine rings is 1. The van der Waals surface area contributed by atoms with E-state index in [2.05, 4.69) is 11.9 Å². The number of rotatable bonds is 5. The molecule has 1 atom stereocenters. The lowest BCUT2D eigenvalue weighted by Gasteiger charge is -2.14. The largest absolute Gasteiger partial charge is 0.492 e. The molecule has 0 aliphatic rings. The molecular weight excluding hydrogens is 295 g/mol. The Morgan fingerprint density at radius 3 is 2.45 bits per heavy atom. The van der Waals surface area contributed by atoms with Gasteiger partial charge >= 0.3 is 0 Å². The highest BCUT2D eigenvalue weighted by Gasteiger charge is 2.12. The highest BCUT2D eigenvalue weighted by molar-refractivity contribution is 6.34. The lowest BCUT2D eigenvalue weighted by molar-refractivity contribution is 0.315. The molecule has 0 spiro atoms. The Bertz CT molecular complexity index is 570. The molecule has 2 N–H and O–H groups in total. The van der Waals surface area contributed by atoms with Crippen molar-refractivity contribution in [1.29, 1.82) is 0 Å². The minimum Gasteiger partial charge on any atom is -0.492 e. The van der Waals surface area contributed by atoms with E-state index < -0.39 is 0 Å². The summed E-state index contributed by atoms with van der Waals surface area (Å²) in [4.78, 5) is 4.16. The topological polar surface area (TPSA) is 48.1 Å². The fraction of sp³-hybridized carbons (Fsp3) is 0.267. The first kappa shape index (κ1) is 15.1. The number of ether oxygens (including phenoxy) is 1. The molecular formula is C15H16Cl2N2O. The molecule has 1 aromatic heterocycles. The number of aromatic nitrogens is 1. The molecule has 0 aliphatic carbocycles. The van der Waals surface area contributed by atoms with Gasteiger partial charge in [0, 0.05) is 16.2 Å². The molecule has 2 rings (SSSR count). The zero-order valence-electron chi connectivity index (χ0n) is 11.1. The van der Waals surface area contributed by atoms with E-state index in [0.29, 0.717) is 22.4 Å². The molecule has 2 aromatic rings. The fourth-order valence-corrected chi connectivity index (χ4v) is 2.39. The molecule has 0 radical (unpaired) electrons. The Labute approximate surface area is 128 Å². The van der Waals surface area contributed by atoms with Crippen LogP contribution in [-0.2, 0) is 0 Å². The van der Waals surface area contributed by atoms with Gasteiger partial charge in [-0.2, -0.15) is 0 Å². The van der Waals surface area contributed by atoms with Gasteiger partial charge < -0.3 is 10.5 Å². The van der Waals surface area contributed by atoms with Crippen molar-refractivity contribution in [2.24, 2.45) is 5.73 Å². The zero-order valence-corrected chi connectivity index (χ0v) is 12.7. The summed E-state index contributed by atoms with van der Waals surface area (Å²) < 4.78 is 5.56. The Morgan fingerprint density at radius 1 is 1.10 bits per heavy atom. The van der Waals surface area contributed by atoms with Crippen molar-refractivity contribution in [3.05, 3.63) is 57.8 Å². The summed E-state index contributed by atoms with van der Waals surface area (Å²) in [7, 11) is 0. The minimum absolute atomic E-state index is 0.344. The van der Waals surface area contributed by atoms with Crippen LogP contribution in [0.3, 0.4) is 0 Å². The second kappa shape index (κ2) is 6.93. The van der Waals surface area contributed by atoms with Crippen molar-refractivity contribution in [3.63, 3.8) is 0 Å². The van der Waals surface area contributed by atoms with Crippen LogP contribution < -0.4 is 10.5 Å². The monoisotopic (exact) mass is 310 g/mol. The molecule has 0 fully saturated rings. The van der Waals surface area contributed by atoms with Crippen molar-refractivity contribution in [1.82, 2.24) is 4.98 Å². The molecule has 0 aliphatic heterocycles. The van der Waals surface area contributed by atoms with Gasteiger partial charge in [0.2, 0.25) is 0 Å². The first-order valence-corrected chi connectivity index (χ1v) is 7.15. The van der Waals surface area contributed by atoms with Crippen LogP contribution in [0.1, 0.15) is 30.5 Å². The molecule has 0 saturated heterocycles.